The first-order valence-electron chi connectivity index (χ1n) is 8.91. The van der Waals surface area contributed by atoms with E-state index < -0.39 is 17.7 Å². The second-order valence-corrected chi connectivity index (χ2v) is 7.25. The molecule has 0 saturated carbocycles. The monoisotopic (exact) mass is 406 g/mol. The van der Waals surface area contributed by atoms with Gasteiger partial charge in [0.05, 0.1) is 18.0 Å². The summed E-state index contributed by atoms with van der Waals surface area (Å²) >= 11 is 0.914. The van der Waals surface area contributed by atoms with E-state index in [4.69, 9.17) is 4.74 Å². The largest absolute Gasteiger partial charge is 0.477 e. The fourth-order valence-corrected chi connectivity index (χ4v) is 3.61. The first-order valence-corrected chi connectivity index (χ1v) is 9.89. The molecule has 0 fully saturated rings. The van der Waals surface area contributed by atoms with Crippen molar-refractivity contribution in [3.05, 3.63) is 54.1 Å². The molecule has 1 aliphatic rings. The quantitative estimate of drug-likeness (QED) is 0.748. The maximum atomic E-state index is 13.8. The van der Waals surface area contributed by atoms with Crippen LogP contribution in [-0.4, -0.2) is 36.8 Å². The van der Waals surface area contributed by atoms with Crippen LogP contribution in [0.5, 0.6) is 5.75 Å². The van der Waals surface area contributed by atoms with E-state index in [9.17, 15) is 18.4 Å². The molecule has 0 bridgehead atoms. The molecule has 1 heterocycles. The fourth-order valence-electron chi connectivity index (χ4n) is 2.77. The van der Waals surface area contributed by atoms with E-state index >= 15 is 0 Å². The van der Waals surface area contributed by atoms with Gasteiger partial charge >= 0.3 is 0 Å². The number of nitrogens with one attached hydrogen (secondary N) is 1. The fraction of sp³-hybridized carbons (Fsp3) is 0.300. The van der Waals surface area contributed by atoms with Gasteiger partial charge in [-0.2, -0.15) is 0 Å². The number of thioether (sulfide) groups is 1. The van der Waals surface area contributed by atoms with Gasteiger partial charge < -0.3 is 15.0 Å². The molecule has 0 aromatic heterocycles. The highest BCUT2D eigenvalue weighted by atomic mass is 32.2. The lowest BCUT2D eigenvalue weighted by Gasteiger charge is -2.34. The van der Waals surface area contributed by atoms with Crippen LogP contribution in [0.15, 0.2) is 47.4 Å². The summed E-state index contributed by atoms with van der Waals surface area (Å²) in [7, 11) is 0. The van der Waals surface area contributed by atoms with Crippen LogP contribution in [0.2, 0.25) is 0 Å². The molecule has 3 rings (SSSR count). The number of ether oxygens (including phenoxy) is 1. The Morgan fingerprint density at radius 3 is 2.82 bits per heavy atom. The molecule has 28 heavy (non-hydrogen) atoms. The molecule has 5 nitrogen and oxygen atoms in total. The van der Waals surface area contributed by atoms with Gasteiger partial charge in [0, 0.05) is 11.4 Å². The summed E-state index contributed by atoms with van der Waals surface area (Å²) in [4.78, 5) is 26.7. The number of halogens is 2. The van der Waals surface area contributed by atoms with E-state index in [0.717, 1.165) is 36.4 Å². The van der Waals surface area contributed by atoms with Crippen molar-refractivity contribution in [2.24, 2.45) is 0 Å². The number of carbonyl (C=O) groups excluding carboxylic acids is 2. The summed E-state index contributed by atoms with van der Waals surface area (Å²) in [6, 6.07) is 10.0. The first kappa shape index (κ1) is 20.1. The minimum Gasteiger partial charge on any atom is -0.477 e. The Morgan fingerprint density at radius 2 is 2.04 bits per heavy atom. The molecule has 0 spiro atoms. The Bertz CT molecular complexity index is 878. The summed E-state index contributed by atoms with van der Waals surface area (Å²) in [6.07, 6.45) is -0.0469. The molecule has 8 heteroatoms. The number of amides is 2. The molecule has 0 radical (unpaired) electrons. The van der Waals surface area contributed by atoms with Crippen LogP contribution in [0.25, 0.3) is 0 Å². The smallest absolute Gasteiger partial charge is 0.262 e. The van der Waals surface area contributed by atoms with Crippen molar-refractivity contribution < 1.29 is 23.1 Å². The average Bonchev–Trinajstić information content (AvgIpc) is 2.71. The van der Waals surface area contributed by atoms with Crippen LogP contribution in [0.3, 0.4) is 0 Å². The second-order valence-electron chi connectivity index (χ2n) is 6.23. The van der Waals surface area contributed by atoms with Gasteiger partial charge in [0.2, 0.25) is 5.91 Å². The molecular formula is C20H20F2N2O3S. The van der Waals surface area contributed by atoms with Gasteiger partial charge in [0.15, 0.2) is 6.10 Å². The zero-order valence-electron chi connectivity index (χ0n) is 15.3. The number of benzene rings is 2. The summed E-state index contributed by atoms with van der Waals surface area (Å²) in [5.74, 6) is -1.44. The number of carbonyl (C=O) groups is 2. The van der Waals surface area contributed by atoms with E-state index in [0.29, 0.717) is 18.0 Å². The third kappa shape index (κ3) is 4.62. The summed E-state index contributed by atoms with van der Waals surface area (Å²) in [5, 5.41) is 2.77. The van der Waals surface area contributed by atoms with Gasteiger partial charge in [0.25, 0.3) is 5.91 Å². The van der Waals surface area contributed by atoms with E-state index in [1.165, 1.54) is 4.90 Å². The second kappa shape index (κ2) is 9.05. The van der Waals surface area contributed by atoms with E-state index in [1.54, 1.807) is 24.3 Å². The lowest BCUT2D eigenvalue weighted by molar-refractivity contribution is -0.128. The zero-order chi connectivity index (χ0) is 20.1. The zero-order valence-corrected chi connectivity index (χ0v) is 16.1. The van der Waals surface area contributed by atoms with Gasteiger partial charge in [-0.25, -0.2) is 8.78 Å². The van der Waals surface area contributed by atoms with Gasteiger partial charge in [-0.05, 0) is 36.8 Å². The summed E-state index contributed by atoms with van der Waals surface area (Å²) < 4.78 is 32.9. The minimum absolute atomic E-state index is 0.0532. The van der Waals surface area contributed by atoms with Crippen LogP contribution in [0.1, 0.15) is 13.3 Å². The van der Waals surface area contributed by atoms with E-state index in [2.05, 4.69) is 5.32 Å². The Hall–Kier alpha value is -2.61. The average molecular weight is 406 g/mol. The number of para-hydroxylation sites is 2. The van der Waals surface area contributed by atoms with Gasteiger partial charge in [-0.1, -0.05) is 19.1 Å². The SMILES string of the molecule is CCCNC(=O)[C@@H]1CN(C(=O)CSc2cc(F)ccc2F)c2ccccc2O1. The molecular weight excluding hydrogens is 386 g/mol. The topological polar surface area (TPSA) is 58.6 Å². The summed E-state index contributed by atoms with van der Waals surface area (Å²) in [6.45, 7) is 2.51. The molecule has 2 amide bonds. The number of nitrogens with zero attached hydrogens (tertiary/aromatic N) is 1. The van der Waals surface area contributed by atoms with Crippen LogP contribution >= 0.6 is 11.8 Å². The molecule has 1 aliphatic heterocycles. The number of fused-ring (bicyclic) bond motifs is 1. The van der Waals surface area contributed by atoms with Crippen molar-refractivity contribution in [1.82, 2.24) is 5.32 Å². The lowest BCUT2D eigenvalue weighted by atomic mass is 10.1. The standard InChI is InChI=1S/C20H20F2N2O3S/c1-2-9-23-20(26)17-11-24(15-5-3-4-6-16(15)27-17)19(25)12-28-18-10-13(21)7-8-14(18)22/h3-8,10,17H,2,9,11-12H2,1H3,(H,23,26)/t17-/m0/s1. The normalized spacial score (nSPS) is 15.5. The summed E-state index contributed by atoms with van der Waals surface area (Å²) in [5.41, 5.74) is 0.548. The highest BCUT2D eigenvalue weighted by Gasteiger charge is 2.33. The molecule has 1 N–H and O–H groups in total. The molecule has 2 aromatic carbocycles. The Balaban J connectivity index is 1.75. The van der Waals surface area contributed by atoms with Gasteiger partial charge in [0.1, 0.15) is 17.4 Å². The van der Waals surface area contributed by atoms with Crippen LogP contribution in [0, 0.1) is 11.6 Å². The van der Waals surface area contributed by atoms with Crippen molar-refractivity contribution in [1.29, 1.82) is 0 Å². The predicted molar refractivity (Wildman–Crippen MR) is 104 cm³/mol. The van der Waals surface area contributed by atoms with Crippen LogP contribution in [-0.2, 0) is 9.59 Å². The highest BCUT2D eigenvalue weighted by molar-refractivity contribution is 8.00. The third-order valence-corrected chi connectivity index (χ3v) is 5.18. The first-order chi connectivity index (χ1) is 13.5. The molecule has 0 unspecified atom stereocenters. The van der Waals surface area contributed by atoms with E-state index in [-0.39, 0.29) is 29.0 Å². The van der Waals surface area contributed by atoms with Crippen molar-refractivity contribution in [3.8, 4) is 5.75 Å². The third-order valence-electron chi connectivity index (χ3n) is 4.16. The van der Waals surface area contributed by atoms with Crippen molar-refractivity contribution in [2.45, 2.75) is 24.3 Å². The van der Waals surface area contributed by atoms with E-state index in [1.807, 2.05) is 6.92 Å². The minimum atomic E-state index is -0.832. The number of hydrogen-bond acceptors (Lipinski definition) is 4. The van der Waals surface area contributed by atoms with Crippen molar-refractivity contribution in [2.75, 3.05) is 23.7 Å². The molecule has 148 valence electrons. The van der Waals surface area contributed by atoms with Crippen LogP contribution in [0.4, 0.5) is 14.5 Å². The Morgan fingerprint density at radius 1 is 1.25 bits per heavy atom. The van der Waals surface area contributed by atoms with Crippen molar-refractivity contribution in [3.63, 3.8) is 0 Å². The molecule has 2 aromatic rings. The van der Waals surface area contributed by atoms with Crippen LogP contribution < -0.4 is 15.0 Å². The van der Waals surface area contributed by atoms with Gasteiger partial charge in [-0.3, -0.25) is 9.59 Å². The number of rotatable bonds is 6. The molecule has 0 aliphatic carbocycles. The highest BCUT2D eigenvalue weighted by Crippen LogP contribution is 2.34. The Labute approximate surface area is 166 Å². The molecule has 1 atom stereocenters. The Kier molecular flexibility index (Phi) is 6.51. The predicted octanol–water partition coefficient (Wildman–Crippen LogP) is 3.38. The molecule has 0 saturated heterocycles. The number of hydrogen-bond donors (Lipinski definition) is 1. The number of anilines is 1. The van der Waals surface area contributed by atoms with Gasteiger partial charge in [-0.15, -0.1) is 11.8 Å². The van der Waals surface area contributed by atoms with Crippen molar-refractivity contribution >= 4 is 29.3 Å². The lowest BCUT2D eigenvalue weighted by Crippen LogP contribution is -2.51. The maximum absolute atomic E-state index is 13.8. The maximum Gasteiger partial charge on any atom is 0.262 e.